The molecule has 1 aromatic heterocycles. The lowest BCUT2D eigenvalue weighted by atomic mass is 10.1. The number of rotatable bonds is 10. The van der Waals surface area contributed by atoms with Crippen LogP contribution in [0.25, 0.3) is 0 Å². The lowest BCUT2D eigenvalue weighted by molar-refractivity contribution is -0.142. The summed E-state index contributed by atoms with van der Waals surface area (Å²) in [5, 5.41) is 5.10. The molecule has 0 aromatic carbocycles. The third kappa shape index (κ3) is 7.80. The molecule has 0 saturated carbocycles. The Morgan fingerprint density at radius 1 is 1.24 bits per heavy atom. The van der Waals surface area contributed by atoms with Crippen LogP contribution in [0.1, 0.15) is 58.1 Å². The van der Waals surface area contributed by atoms with Crippen LogP contribution < -0.4 is 5.32 Å². The minimum atomic E-state index is -0.295. The summed E-state index contributed by atoms with van der Waals surface area (Å²) in [4.78, 5) is 27.3. The Labute approximate surface area is 130 Å². The number of nitrogens with zero attached hydrogens (tertiary/aromatic N) is 1. The van der Waals surface area contributed by atoms with Crippen LogP contribution in [0.2, 0.25) is 0 Å². The molecule has 1 aromatic rings. The molecule has 0 aliphatic carbocycles. The molecular formula is C15H24N2O3S. The monoisotopic (exact) mass is 312 g/mol. The molecule has 118 valence electrons. The van der Waals surface area contributed by atoms with Gasteiger partial charge in [-0.15, -0.1) is 11.3 Å². The standard InChI is InChI=1S/C15H24N2O3S/c1-3-5-6-7-8-9-13(18)17-15-16-12(11-21-15)10-14(19)20-4-2/h11H,3-10H2,1-2H3,(H,16,17,18). The first-order chi connectivity index (χ1) is 10.2. The minimum absolute atomic E-state index is 0.0106. The van der Waals surface area contributed by atoms with Crippen molar-refractivity contribution in [2.45, 2.75) is 58.8 Å². The summed E-state index contributed by atoms with van der Waals surface area (Å²) in [5.74, 6) is -0.305. The Hall–Kier alpha value is -1.43. The lowest BCUT2D eigenvalue weighted by Gasteiger charge is -2.02. The first-order valence-corrected chi connectivity index (χ1v) is 8.43. The van der Waals surface area contributed by atoms with Crippen molar-refractivity contribution < 1.29 is 14.3 Å². The van der Waals surface area contributed by atoms with Gasteiger partial charge in [-0.25, -0.2) is 4.98 Å². The van der Waals surface area contributed by atoms with Crippen molar-refractivity contribution in [1.82, 2.24) is 4.98 Å². The summed E-state index contributed by atoms with van der Waals surface area (Å²) in [7, 11) is 0. The summed E-state index contributed by atoms with van der Waals surface area (Å²) in [5.41, 5.74) is 0.636. The van der Waals surface area contributed by atoms with E-state index in [9.17, 15) is 9.59 Å². The summed E-state index contributed by atoms with van der Waals surface area (Å²) in [6.07, 6.45) is 6.29. The van der Waals surface area contributed by atoms with Crippen LogP contribution >= 0.6 is 11.3 Å². The second kappa shape index (κ2) is 10.3. The summed E-state index contributed by atoms with van der Waals surface area (Å²) in [6, 6.07) is 0. The predicted molar refractivity (Wildman–Crippen MR) is 84.5 cm³/mol. The number of thiazole rings is 1. The Bertz CT molecular complexity index is 446. The van der Waals surface area contributed by atoms with Gasteiger partial charge in [0.15, 0.2) is 5.13 Å². The third-order valence-corrected chi connectivity index (χ3v) is 3.74. The van der Waals surface area contributed by atoms with E-state index in [1.165, 1.54) is 30.6 Å². The maximum absolute atomic E-state index is 11.7. The molecule has 0 bridgehead atoms. The highest BCUT2D eigenvalue weighted by Crippen LogP contribution is 2.17. The number of hydrogen-bond acceptors (Lipinski definition) is 5. The second-order valence-electron chi connectivity index (χ2n) is 4.84. The van der Waals surface area contributed by atoms with Gasteiger partial charge in [-0.1, -0.05) is 32.6 Å². The van der Waals surface area contributed by atoms with E-state index in [1.54, 1.807) is 12.3 Å². The number of aromatic nitrogens is 1. The van der Waals surface area contributed by atoms with Crippen LogP contribution in [0.15, 0.2) is 5.38 Å². The van der Waals surface area contributed by atoms with Crippen LogP contribution in [0, 0.1) is 0 Å². The zero-order chi connectivity index (χ0) is 15.5. The van der Waals surface area contributed by atoms with Gasteiger partial charge in [0, 0.05) is 11.8 Å². The van der Waals surface area contributed by atoms with E-state index < -0.39 is 0 Å². The van der Waals surface area contributed by atoms with Crippen molar-refractivity contribution in [3.8, 4) is 0 Å². The van der Waals surface area contributed by atoms with Gasteiger partial charge >= 0.3 is 5.97 Å². The van der Waals surface area contributed by atoms with Gasteiger partial charge in [-0.05, 0) is 13.3 Å². The average molecular weight is 312 g/mol. The van der Waals surface area contributed by atoms with E-state index in [-0.39, 0.29) is 18.3 Å². The van der Waals surface area contributed by atoms with E-state index in [0.717, 1.165) is 12.8 Å². The number of carbonyl (C=O) groups excluding carboxylic acids is 2. The summed E-state index contributed by atoms with van der Waals surface area (Å²) in [6.45, 7) is 4.30. The van der Waals surface area contributed by atoms with Crippen molar-refractivity contribution in [3.05, 3.63) is 11.1 Å². The number of carbonyl (C=O) groups is 2. The fourth-order valence-electron chi connectivity index (χ4n) is 1.88. The van der Waals surface area contributed by atoms with Gasteiger partial charge in [0.05, 0.1) is 18.7 Å². The number of esters is 1. The quantitative estimate of drug-likeness (QED) is 0.530. The zero-order valence-corrected chi connectivity index (χ0v) is 13.6. The van der Waals surface area contributed by atoms with Gasteiger partial charge in [0.2, 0.25) is 5.91 Å². The summed E-state index contributed by atoms with van der Waals surface area (Å²) >= 11 is 1.33. The van der Waals surface area contributed by atoms with E-state index in [0.29, 0.717) is 23.9 Å². The molecule has 0 aliphatic heterocycles. The number of ether oxygens (including phenoxy) is 1. The first-order valence-electron chi connectivity index (χ1n) is 7.55. The van der Waals surface area contributed by atoms with Crippen LogP contribution in [-0.2, 0) is 20.7 Å². The molecule has 0 radical (unpaired) electrons. The van der Waals surface area contributed by atoms with Gasteiger partial charge in [0.1, 0.15) is 0 Å². The number of amides is 1. The third-order valence-electron chi connectivity index (χ3n) is 2.94. The highest BCUT2D eigenvalue weighted by molar-refractivity contribution is 7.13. The SMILES string of the molecule is CCCCCCCC(=O)Nc1nc(CC(=O)OCC)cs1. The normalized spacial score (nSPS) is 10.4. The molecule has 1 heterocycles. The maximum atomic E-state index is 11.7. The lowest BCUT2D eigenvalue weighted by Crippen LogP contribution is -2.11. The second-order valence-corrected chi connectivity index (χ2v) is 5.70. The molecule has 0 fully saturated rings. The van der Waals surface area contributed by atoms with Crippen molar-refractivity contribution in [3.63, 3.8) is 0 Å². The average Bonchev–Trinajstić information content (AvgIpc) is 2.85. The van der Waals surface area contributed by atoms with Crippen molar-refractivity contribution in [2.24, 2.45) is 0 Å². The number of anilines is 1. The van der Waals surface area contributed by atoms with Crippen LogP contribution in [-0.4, -0.2) is 23.5 Å². The highest BCUT2D eigenvalue weighted by atomic mass is 32.1. The van der Waals surface area contributed by atoms with E-state index in [1.807, 2.05) is 0 Å². The van der Waals surface area contributed by atoms with Gasteiger partial charge in [-0.3, -0.25) is 9.59 Å². The van der Waals surface area contributed by atoms with Crippen LogP contribution in [0.5, 0.6) is 0 Å². The Kier molecular flexibility index (Phi) is 8.66. The van der Waals surface area contributed by atoms with Gasteiger partial charge in [0.25, 0.3) is 0 Å². The Morgan fingerprint density at radius 2 is 2.00 bits per heavy atom. The fraction of sp³-hybridized carbons (Fsp3) is 0.667. The zero-order valence-electron chi connectivity index (χ0n) is 12.8. The molecule has 0 saturated heterocycles. The molecule has 5 nitrogen and oxygen atoms in total. The van der Waals surface area contributed by atoms with Gasteiger partial charge in [-0.2, -0.15) is 0 Å². The fourth-order valence-corrected chi connectivity index (χ4v) is 2.60. The van der Waals surface area contributed by atoms with Crippen molar-refractivity contribution >= 4 is 28.3 Å². The molecular weight excluding hydrogens is 288 g/mol. The highest BCUT2D eigenvalue weighted by Gasteiger charge is 2.10. The largest absolute Gasteiger partial charge is 0.466 e. The van der Waals surface area contributed by atoms with Crippen molar-refractivity contribution in [1.29, 1.82) is 0 Å². The molecule has 0 atom stereocenters. The number of hydrogen-bond donors (Lipinski definition) is 1. The van der Waals surface area contributed by atoms with Crippen LogP contribution in [0.3, 0.4) is 0 Å². The summed E-state index contributed by atoms with van der Waals surface area (Å²) < 4.78 is 4.86. The molecule has 1 N–H and O–H groups in total. The van der Waals surface area contributed by atoms with Crippen molar-refractivity contribution in [2.75, 3.05) is 11.9 Å². The number of unbranched alkanes of at least 4 members (excludes halogenated alkanes) is 4. The smallest absolute Gasteiger partial charge is 0.311 e. The minimum Gasteiger partial charge on any atom is -0.466 e. The Morgan fingerprint density at radius 3 is 2.71 bits per heavy atom. The maximum Gasteiger partial charge on any atom is 0.311 e. The Balaban J connectivity index is 2.27. The van der Waals surface area contributed by atoms with Crippen LogP contribution in [0.4, 0.5) is 5.13 Å². The van der Waals surface area contributed by atoms with E-state index >= 15 is 0 Å². The predicted octanol–water partition coefficient (Wildman–Crippen LogP) is 3.55. The molecule has 0 spiro atoms. The molecule has 21 heavy (non-hydrogen) atoms. The molecule has 0 unspecified atom stereocenters. The topological polar surface area (TPSA) is 68.3 Å². The van der Waals surface area contributed by atoms with E-state index in [2.05, 4.69) is 17.2 Å². The number of nitrogens with one attached hydrogen (secondary N) is 1. The van der Waals surface area contributed by atoms with Gasteiger partial charge < -0.3 is 10.1 Å². The first kappa shape index (κ1) is 17.6. The molecule has 0 aliphatic rings. The van der Waals surface area contributed by atoms with E-state index in [4.69, 9.17) is 4.74 Å². The molecule has 6 heteroatoms. The molecule has 1 amide bonds. The molecule has 1 rings (SSSR count).